The minimum absolute atomic E-state index is 2.88. The molecular formula is C2H6O11S2. The normalized spacial score (nSPS) is 16.3. The smallest absolute Gasteiger partial charge is 0.361 e. The summed E-state index contributed by atoms with van der Waals surface area (Å²) in [7, 11) is -10.9. The van der Waals surface area contributed by atoms with Crippen LogP contribution in [-0.2, 0) is 28.6 Å². The third-order valence-corrected chi connectivity index (χ3v) is 2.48. The zero-order chi connectivity index (χ0) is 12.5. The number of hydrogen-bond donors (Lipinski definition) is 5. The van der Waals surface area contributed by atoms with Crippen LogP contribution in [0.1, 0.15) is 0 Å². The fourth-order valence-corrected chi connectivity index (χ4v) is 1.62. The lowest BCUT2D eigenvalue weighted by Gasteiger charge is -2.19. The van der Waals surface area contributed by atoms with Crippen LogP contribution in [0.2, 0.25) is 0 Å². The van der Waals surface area contributed by atoms with E-state index in [-0.39, 0.29) is 0 Å². The largest absolute Gasteiger partial charge is 0.419 e. The van der Waals surface area contributed by atoms with Crippen LogP contribution in [0.15, 0.2) is 0 Å². The van der Waals surface area contributed by atoms with Gasteiger partial charge in [0.2, 0.25) is 0 Å². The van der Waals surface area contributed by atoms with E-state index < -0.39 is 33.1 Å². The molecule has 0 aromatic rings. The molecule has 13 heteroatoms. The summed E-state index contributed by atoms with van der Waals surface area (Å²) < 4.78 is 54.6. The van der Waals surface area contributed by atoms with Gasteiger partial charge in [0.05, 0.1) is 0 Å². The molecule has 0 aliphatic heterocycles. The van der Waals surface area contributed by atoms with E-state index in [1.807, 2.05) is 0 Å². The second kappa shape index (κ2) is 4.24. The van der Waals surface area contributed by atoms with E-state index >= 15 is 0 Å². The third kappa shape index (κ3) is 6.66. The highest BCUT2D eigenvalue weighted by Gasteiger charge is 2.37. The van der Waals surface area contributed by atoms with Crippen molar-refractivity contribution in [1.82, 2.24) is 0 Å². The molecule has 0 amide bonds. The maximum Gasteiger partial charge on any atom is 0.419 e. The molecule has 15 heavy (non-hydrogen) atoms. The fourth-order valence-electron chi connectivity index (χ4n) is 0.298. The molecule has 0 aromatic heterocycles. The van der Waals surface area contributed by atoms with Crippen LogP contribution in [0, 0.1) is 0 Å². The Morgan fingerprint density at radius 2 is 1.47 bits per heavy atom. The Bertz CT molecular complexity index is 394. The van der Waals surface area contributed by atoms with Crippen LogP contribution < -0.4 is 0 Å². The highest BCUT2D eigenvalue weighted by Crippen LogP contribution is 2.10. The molecule has 0 fully saturated rings. The summed E-state index contributed by atoms with van der Waals surface area (Å²) in [5.74, 6) is -3.96. The third-order valence-electron chi connectivity index (χ3n) is 0.710. The van der Waals surface area contributed by atoms with E-state index in [4.69, 9.17) is 25.0 Å². The first kappa shape index (κ1) is 14.6. The maximum atomic E-state index is 10.4. The summed E-state index contributed by atoms with van der Waals surface area (Å²) in [4.78, 5) is 0. The van der Waals surface area contributed by atoms with Crippen molar-refractivity contribution in [1.29, 1.82) is 0 Å². The minimum atomic E-state index is -5.49. The van der Waals surface area contributed by atoms with Crippen molar-refractivity contribution in [3.63, 3.8) is 0 Å². The molecule has 0 aliphatic rings. The predicted octanol–water partition coefficient (Wildman–Crippen LogP) is -3.98. The first-order valence-electron chi connectivity index (χ1n) is 2.80. The van der Waals surface area contributed by atoms with Crippen LogP contribution in [0.3, 0.4) is 0 Å². The molecule has 92 valence electrons. The molecule has 0 bridgehead atoms. The molecular weight excluding hydrogens is 264 g/mol. The molecule has 5 N–H and O–H groups in total. The maximum absolute atomic E-state index is 10.4. The van der Waals surface area contributed by atoms with E-state index in [1.165, 1.54) is 0 Å². The van der Waals surface area contributed by atoms with Crippen LogP contribution in [0.4, 0.5) is 0 Å². The van der Waals surface area contributed by atoms with E-state index in [0.717, 1.165) is 0 Å². The van der Waals surface area contributed by atoms with Gasteiger partial charge in [-0.15, -0.1) is 3.63 Å². The van der Waals surface area contributed by atoms with Gasteiger partial charge in [-0.1, -0.05) is 0 Å². The molecule has 0 saturated heterocycles. The molecule has 0 heterocycles. The molecule has 11 nitrogen and oxygen atoms in total. The zero-order valence-electron chi connectivity index (χ0n) is 6.58. The second-order valence-corrected chi connectivity index (χ2v) is 4.45. The SMILES string of the molecule is O=S(=O)(O)OS(=O)(=O)OC(O)C(O)(O)O. The Morgan fingerprint density at radius 1 is 1.07 bits per heavy atom. The summed E-state index contributed by atoms with van der Waals surface area (Å²) in [5.41, 5.74) is 0. The fraction of sp³-hybridized carbons (Fsp3) is 1.00. The molecule has 0 aliphatic carbocycles. The Hall–Kier alpha value is -0.380. The van der Waals surface area contributed by atoms with Crippen LogP contribution in [0.5, 0.6) is 0 Å². The lowest BCUT2D eigenvalue weighted by atomic mass is 10.5. The van der Waals surface area contributed by atoms with Crippen molar-refractivity contribution in [2.24, 2.45) is 0 Å². The first-order valence-corrected chi connectivity index (χ1v) is 5.50. The quantitative estimate of drug-likeness (QED) is 0.242. The van der Waals surface area contributed by atoms with Gasteiger partial charge in [-0.05, 0) is 0 Å². The van der Waals surface area contributed by atoms with Crippen LogP contribution >= 0.6 is 0 Å². The van der Waals surface area contributed by atoms with E-state index in [1.54, 1.807) is 0 Å². The Kier molecular flexibility index (Phi) is 4.13. The summed E-state index contributed by atoms with van der Waals surface area (Å²) in [6.07, 6.45) is -3.13. The van der Waals surface area contributed by atoms with Crippen molar-refractivity contribution >= 4 is 20.8 Å². The summed E-state index contributed by atoms with van der Waals surface area (Å²) in [5, 5.41) is 32.9. The van der Waals surface area contributed by atoms with Gasteiger partial charge in [0.1, 0.15) is 0 Å². The van der Waals surface area contributed by atoms with Crippen LogP contribution in [0.25, 0.3) is 0 Å². The summed E-state index contributed by atoms with van der Waals surface area (Å²) >= 11 is 0. The van der Waals surface area contributed by atoms with Crippen molar-refractivity contribution in [3.8, 4) is 0 Å². The molecule has 1 atom stereocenters. The number of rotatable bonds is 5. The molecule has 0 aromatic carbocycles. The molecule has 0 radical (unpaired) electrons. The van der Waals surface area contributed by atoms with E-state index in [2.05, 4.69) is 7.81 Å². The van der Waals surface area contributed by atoms with Gasteiger partial charge in [-0.2, -0.15) is 16.8 Å². The molecule has 1 unspecified atom stereocenters. The molecule has 0 spiro atoms. The average Bonchev–Trinajstić information content (AvgIpc) is 1.76. The number of hydrogen-bond acceptors (Lipinski definition) is 10. The minimum Gasteiger partial charge on any atom is -0.361 e. The first-order chi connectivity index (χ1) is 6.33. The monoisotopic (exact) mass is 270 g/mol. The van der Waals surface area contributed by atoms with Gasteiger partial charge in [-0.25, -0.2) is 4.18 Å². The van der Waals surface area contributed by atoms with Crippen molar-refractivity contribution < 1.29 is 49.6 Å². The average molecular weight is 270 g/mol. The zero-order valence-corrected chi connectivity index (χ0v) is 8.21. The van der Waals surface area contributed by atoms with Gasteiger partial charge in [0.25, 0.3) is 6.29 Å². The summed E-state index contributed by atoms with van der Waals surface area (Å²) in [6.45, 7) is 0. The lowest BCUT2D eigenvalue weighted by Crippen LogP contribution is -2.45. The molecule has 0 rings (SSSR count). The highest BCUT2D eigenvalue weighted by molar-refractivity contribution is 7.94. The molecule has 0 saturated carbocycles. The number of aliphatic hydroxyl groups is 4. The standard InChI is InChI=1S/C2H6O11S2/c3-1(2(4,5)6)12-15(10,11)13-14(7,8)9/h1,3-6H,(H,7,8,9). The van der Waals surface area contributed by atoms with Crippen molar-refractivity contribution in [2.75, 3.05) is 0 Å². The number of aliphatic hydroxyl groups excluding tert-OH is 1. The van der Waals surface area contributed by atoms with Gasteiger partial charge in [0, 0.05) is 0 Å². The highest BCUT2D eigenvalue weighted by atomic mass is 32.3. The lowest BCUT2D eigenvalue weighted by molar-refractivity contribution is -0.389. The van der Waals surface area contributed by atoms with Crippen LogP contribution in [-0.4, -0.2) is 54.1 Å². The van der Waals surface area contributed by atoms with Gasteiger partial charge < -0.3 is 20.4 Å². The van der Waals surface area contributed by atoms with Crippen molar-refractivity contribution in [2.45, 2.75) is 12.3 Å². The van der Waals surface area contributed by atoms with Gasteiger partial charge in [-0.3, -0.25) is 4.55 Å². The second-order valence-electron chi connectivity index (χ2n) is 2.04. The Morgan fingerprint density at radius 3 is 1.73 bits per heavy atom. The predicted molar refractivity (Wildman–Crippen MR) is 38.0 cm³/mol. The van der Waals surface area contributed by atoms with Gasteiger partial charge in [0.15, 0.2) is 0 Å². The Balaban J connectivity index is 4.69. The van der Waals surface area contributed by atoms with E-state index in [0.29, 0.717) is 0 Å². The summed E-state index contributed by atoms with van der Waals surface area (Å²) in [6, 6.07) is 0. The van der Waals surface area contributed by atoms with Crippen molar-refractivity contribution in [3.05, 3.63) is 0 Å². The Labute approximate surface area is 83.4 Å². The topological polar surface area (TPSA) is 188 Å². The van der Waals surface area contributed by atoms with Gasteiger partial charge >= 0.3 is 26.8 Å². The van der Waals surface area contributed by atoms with E-state index in [9.17, 15) is 16.8 Å².